The van der Waals surface area contributed by atoms with Gasteiger partial charge in [0.1, 0.15) is 9.84 Å². The van der Waals surface area contributed by atoms with Gasteiger partial charge >= 0.3 is 11.8 Å². The Morgan fingerprint density at radius 2 is 1.70 bits per heavy atom. The fraction of sp³-hybridized carbons (Fsp3) is 0.909. The highest BCUT2D eigenvalue weighted by atomic mass is 32.2. The summed E-state index contributed by atoms with van der Waals surface area (Å²) in [6, 6.07) is 0. The van der Waals surface area contributed by atoms with Gasteiger partial charge in [0.15, 0.2) is 0 Å². The molecule has 118 valence electrons. The van der Waals surface area contributed by atoms with E-state index in [0.717, 1.165) is 0 Å². The van der Waals surface area contributed by atoms with E-state index in [1.54, 1.807) is 5.32 Å². The van der Waals surface area contributed by atoms with Crippen molar-refractivity contribution in [2.24, 2.45) is 5.92 Å². The number of nitrogens with one attached hydrogen (secondary N) is 1. The molecule has 0 aromatic carbocycles. The summed E-state index contributed by atoms with van der Waals surface area (Å²) < 4.78 is 73.3. The van der Waals surface area contributed by atoms with Crippen molar-refractivity contribution < 1.29 is 30.8 Å². The fourth-order valence-corrected chi connectivity index (χ4v) is 3.52. The Balaban J connectivity index is 2.37. The molecule has 1 aliphatic heterocycles. The van der Waals surface area contributed by atoms with Gasteiger partial charge in [-0.15, -0.1) is 0 Å². The molecule has 0 aliphatic carbocycles. The Morgan fingerprint density at radius 1 is 1.20 bits per heavy atom. The Kier molecular flexibility index (Phi) is 5.04. The smallest absolute Gasteiger partial charge is 0.351 e. The number of alkyl halides is 4. The number of rotatable bonds is 5. The lowest BCUT2D eigenvalue weighted by molar-refractivity contribution is -0.202. The lowest BCUT2D eigenvalue weighted by Gasteiger charge is -2.24. The summed E-state index contributed by atoms with van der Waals surface area (Å²) >= 11 is 0. The van der Waals surface area contributed by atoms with E-state index in [2.05, 4.69) is 0 Å². The number of carbonyl (C=O) groups excluding carboxylic acids is 1. The van der Waals surface area contributed by atoms with Crippen molar-refractivity contribution in [2.45, 2.75) is 38.0 Å². The summed E-state index contributed by atoms with van der Waals surface area (Å²) in [5, 5.41) is 1.78. The van der Waals surface area contributed by atoms with E-state index in [4.69, 9.17) is 0 Å². The summed E-state index contributed by atoms with van der Waals surface area (Å²) in [6.45, 7) is -0.187. The van der Waals surface area contributed by atoms with Crippen LogP contribution in [-0.2, 0) is 14.6 Å². The van der Waals surface area contributed by atoms with E-state index >= 15 is 0 Å². The van der Waals surface area contributed by atoms with Gasteiger partial charge in [0, 0.05) is 13.5 Å². The highest BCUT2D eigenvalue weighted by molar-refractivity contribution is 7.91. The first-order valence-electron chi connectivity index (χ1n) is 6.20. The topological polar surface area (TPSA) is 63.2 Å². The molecule has 1 rings (SSSR count). The van der Waals surface area contributed by atoms with Gasteiger partial charge in [-0.3, -0.25) is 4.79 Å². The van der Waals surface area contributed by atoms with E-state index in [1.165, 1.54) is 0 Å². The molecular formula is C11H17F4NO3S. The Hall–Kier alpha value is -0.860. The molecule has 9 heteroatoms. The molecule has 1 saturated heterocycles. The molecule has 1 aliphatic rings. The zero-order chi connectivity index (χ0) is 15.6. The van der Waals surface area contributed by atoms with Gasteiger partial charge < -0.3 is 5.32 Å². The normalized spacial score (nSPS) is 20.6. The Bertz CT molecular complexity index is 445. The molecule has 0 spiro atoms. The zero-order valence-electron chi connectivity index (χ0n) is 11.0. The monoisotopic (exact) mass is 319 g/mol. The Labute approximate surface area is 114 Å². The molecule has 4 nitrogen and oxygen atoms in total. The van der Waals surface area contributed by atoms with Gasteiger partial charge in [-0.05, 0) is 25.2 Å². The predicted molar refractivity (Wildman–Crippen MR) is 64.6 cm³/mol. The van der Waals surface area contributed by atoms with Crippen LogP contribution in [0, 0.1) is 5.92 Å². The Morgan fingerprint density at radius 3 is 2.15 bits per heavy atom. The van der Waals surface area contributed by atoms with Crippen molar-refractivity contribution in [1.29, 1.82) is 0 Å². The van der Waals surface area contributed by atoms with Crippen LogP contribution in [0.3, 0.4) is 0 Å². The van der Waals surface area contributed by atoms with Crippen molar-refractivity contribution in [3.63, 3.8) is 0 Å². The average Bonchev–Trinajstić information content (AvgIpc) is 2.29. The molecule has 0 aromatic rings. The molecule has 1 N–H and O–H groups in total. The molecule has 1 fully saturated rings. The molecular weight excluding hydrogens is 302 g/mol. The third-order valence-electron chi connectivity index (χ3n) is 3.35. The van der Waals surface area contributed by atoms with Crippen LogP contribution in [0.15, 0.2) is 0 Å². The largest absolute Gasteiger partial charge is 0.385 e. The van der Waals surface area contributed by atoms with Crippen molar-refractivity contribution in [3.8, 4) is 0 Å². The van der Waals surface area contributed by atoms with Crippen molar-refractivity contribution in [2.75, 3.05) is 18.1 Å². The molecule has 0 aromatic heterocycles. The number of carbonyl (C=O) groups is 1. The number of hydrogen-bond acceptors (Lipinski definition) is 3. The quantitative estimate of drug-likeness (QED) is 0.783. The molecule has 0 bridgehead atoms. The van der Waals surface area contributed by atoms with E-state index < -0.39 is 27.6 Å². The number of amides is 1. The first-order valence-corrected chi connectivity index (χ1v) is 8.02. The summed E-state index contributed by atoms with van der Waals surface area (Å²) in [6.07, 6.45) is 1.10. The molecule has 1 heterocycles. The number of sulfone groups is 1. The van der Waals surface area contributed by atoms with Crippen LogP contribution in [0.2, 0.25) is 0 Å². The highest BCUT2D eigenvalue weighted by Gasteiger charge is 2.58. The van der Waals surface area contributed by atoms with Crippen molar-refractivity contribution in [1.82, 2.24) is 5.32 Å². The van der Waals surface area contributed by atoms with Crippen LogP contribution in [0.1, 0.15) is 26.2 Å². The second-order valence-corrected chi connectivity index (χ2v) is 7.41. The van der Waals surface area contributed by atoms with E-state index in [9.17, 15) is 30.8 Å². The maximum atomic E-state index is 13.0. The van der Waals surface area contributed by atoms with E-state index in [-0.39, 0.29) is 30.9 Å². The zero-order valence-corrected chi connectivity index (χ0v) is 11.8. The SMILES string of the molecule is CC(F)(F)C(F)(F)C(=O)NCCC1CCS(=O)(=O)CC1. The van der Waals surface area contributed by atoms with Gasteiger partial charge in [-0.25, -0.2) is 8.42 Å². The van der Waals surface area contributed by atoms with Gasteiger partial charge in [-0.2, -0.15) is 17.6 Å². The average molecular weight is 319 g/mol. The molecule has 0 saturated carbocycles. The minimum absolute atomic E-state index is 0.00501. The van der Waals surface area contributed by atoms with Gasteiger partial charge in [-0.1, -0.05) is 0 Å². The van der Waals surface area contributed by atoms with E-state index in [1.807, 2.05) is 0 Å². The molecule has 0 atom stereocenters. The van der Waals surface area contributed by atoms with Crippen LogP contribution in [0.25, 0.3) is 0 Å². The van der Waals surface area contributed by atoms with Gasteiger partial charge in [0.25, 0.3) is 5.91 Å². The second kappa shape index (κ2) is 5.87. The first-order chi connectivity index (χ1) is 8.96. The maximum Gasteiger partial charge on any atom is 0.385 e. The van der Waals surface area contributed by atoms with Gasteiger partial charge in [0.05, 0.1) is 11.5 Å². The summed E-state index contributed by atoms with van der Waals surface area (Å²) in [5.74, 6) is -11.1. The predicted octanol–water partition coefficient (Wildman–Crippen LogP) is 1.61. The number of halogens is 4. The third kappa shape index (κ3) is 4.32. The molecule has 20 heavy (non-hydrogen) atoms. The van der Waals surface area contributed by atoms with Crippen LogP contribution >= 0.6 is 0 Å². The van der Waals surface area contributed by atoms with Crippen LogP contribution in [-0.4, -0.2) is 44.2 Å². The fourth-order valence-electron chi connectivity index (χ4n) is 1.93. The lowest BCUT2D eigenvalue weighted by Crippen LogP contribution is -2.51. The van der Waals surface area contributed by atoms with Crippen LogP contribution in [0.4, 0.5) is 17.6 Å². The lowest BCUT2D eigenvalue weighted by atomic mass is 9.99. The minimum Gasteiger partial charge on any atom is -0.351 e. The van der Waals surface area contributed by atoms with Gasteiger partial charge in [0.2, 0.25) is 0 Å². The van der Waals surface area contributed by atoms with Crippen molar-refractivity contribution >= 4 is 15.7 Å². The first kappa shape index (κ1) is 17.2. The van der Waals surface area contributed by atoms with Crippen molar-refractivity contribution in [3.05, 3.63) is 0 Å². The highest BCUT2D eigenvalue weighted by Crippen LogP contribution is 2.33. The molecule has 1 amide bonds. The van der Waals surface area contributed by atoms with Crippen LogP contribution in [0.5, 0.6) is 0 Å². The molecule has 0 radical (unpaired) electrons. The maximum absolute atomic E-state index is 13.0. The standard InChI is InChI=1S/C11H17F4NO3S/c1-10(12,13)11(14,15)9(17)16-5-2-8-3-6-20(18,19)7-4-8/h8H,2-7H2,1H3,(H,16,17). The summed E-state index contributed by atoms with van der Waals surface area (Å²) in [4.78, 5) is 11.0. The minimum atomic E-state index is -4.75. The molecule has 0 unspecified atom stereocenters. The summed E-state index contributed by atoms with van der Waals surface area (Å²) in [7, 11) is -3.01. The number of hydrogen-bond donors (Lipinski definition) is 1. The third-order valence-corrected chi connectivity index (χ3v) is 5.06. The van der Waals surface area contributed by atoms with Crippen LogP contribution < -0.4 is 5.32 Å². The summed E-state index contributed by atoms with van der Waals surface area (Å²) in [5.41, 5.74) is 0. The second-order valence-electron chi connectivity index (χ2n) is 5.10. The van der Waals surface area contributed by atoms with E-state index in [0.29, 0.717) is 19.3 Å².